The van der Waals surface area contributed by atoms with Crippen LogP contribution >= 0.6 is 11.3 Å². The third-order valence-corrected chi connectivity index (χ3v) is 6.12. The minimum Gasteiger partial charge on any atom is -0.497 e. The fourth-order valence-electron chi connectivity index (χ4n) is 2.58. The number of anilines is 1. The van der Waals surface area contributed by atoms with Gasteiger partial charge < -0.3 is 9.47 Å². The standard InChI is InChI=1S/C17H18N2O4S2/c1-10-7-11(2)16-14(8-10)24-17(18-16)19-25(20,21)15-9-12(22-3)5-6-13(15)23-4/h5-9H,1-4H3,(H,18,19). The van der Waals surface area contributed by atoms with E-state index in [9.17, 15) is 8.42 Å². The second-order valence-corrected chi connectivity index (χ2v) is 8.25. The number of hydrogen-bond donors (Lipinski definition) is 1. The molecule has 0 atom stereocenters. The summed E-state index contributed by atoms with van der Waals surface area (Å²) >= 11 is 1.30. The topological polar surface area (TPSA) is 77.5 Å². The quantitative estimate of drug-likeness (QED) is 0.732. The molecule has 0 bridgehead atoms. The van der Waals surface area contributed by atoms with Crippen LogP contribution in [0.4, 0.5) is 5.13 Å². The summed E-state index contributed by atoms with van der Waals surface area (Å²) in [5.41, 5.74) is 2.92. The van der Waals surface area contributed by atoms with E-state index in [-0.39, 0.29) is 10.6 Å². The van der Waals surface area contributed by atoms with Gasteiger partial charge in [0.1, 0.15) is 16.4 Å². The molecule has 0 amide bonds. The van der Waals surface area contributed by atoms with Crippen LogP contribution in [0.5, 0.6) is 11.5 Å². The third kappa shape index (κ3) is 3.40. The molecule has 0 saturated heterocycles. The molecule has 8 heteroatoms. The summed E-state index contributed by atoms with van der Waals surface area (Å²) < 4.78 is 39.4. The molecule has 0 unspecified atom stereocenters. The van der Waals surface area contributed by atoms with Gasteiger partial charge in [0.25, 0.3) is 10.0 Å². The first kappa shape index (κ1) is 17.5. The van der Waals surface area contributed by atoms with Crippen molar-refractivity contribution in [3.8, 4) is 11.5 Å². The lowest BCUT2D eigenvalue weighted by atomic mass is 10.1. The summed E-state index contributed by atoms with van der Waals surface area (Å²) in [6.45, 7) is 3.95. The van der Waals surface area contributed by atoms with Crippen molar-refractivity contribution >= 4 is 36.7 Å². The molecule has 1 heterocycles. The number of rotatable bonds is 5. The van der Waals surface area contributed by atoms with Crippen molar-refractivity contribution in [2.45, 2.75) is 18.7 Å². The summed E-state index contributed by atoms with van der Waals surface area (Å²) in [6, 6.07) is 8.63. The number of nitrogens with one attached hydrogen (secondary N) is 1. The Hall–Kier alpha value is -2.32. The first-order valence-electron chi connectivity index (χ1n) is 7.46. The number of fused-ring (bicyclic) bond motifs is 1. The Bertz CT molecular complexity index is 1040. The molecule has 1 N–H and O–H groups in total. The molecule has 3 aromatic rings. The summed E-state index contributed by atoms with van der Waals surface area (Å²) in [7, 11) is -0.969. The SMILES string of the molecule is COc1ccc(OC)c(S(=O)(=O)Nc2nc3c(C)cc(C)cc3s2)c1. The van der Waals surface area contributed by atoms with Crippen LogP contribution in [0.2, 0.25) is 0 Å². The number of ether oxygens (including phenoxy) is 2. The second-order valence-electron chi connectivity index (χ2n) is 5.57. The van der Waals surface area contributed by atoms with E-state index in [0.717, 1.165) is 21.3 Å². The number of thiazole rings is 1. The lowest BCUT2D eigenvalue weighted by Crippen LogP contribution is -2.14. The van der Waals surface area contributed by atoms with E-state index in [1.54, 1.807) is 12.1 Å². The highest BCUT2D eigenvalue weighted by atomic mass is 32.2. The lowest BCUT2D eigenvalue weighted by Gasteiger charge is -2.11. The molecule has 0 spiro atoms. The summed E-state index contributed by atoms with van der Waals surface area (Å²) in [4.78, 5) is 4.42. The average Bonchev–Trinajstić information content (AvgIpc) is 2.96. The highest BCUT2D eigenvalue weighted by Gasteiger charge is 2.22. The van der Waals surface area contributed by atoms with Gasteiger partial charge in [-0.2, -0.15) is 0 Å². The minimum atomic E-state index is -3.87. The number of methoxy groups -OCH3 is 2. The van der Waals surface area contributed by atoms with E-state index < -0.39 is 10.0 Å². The maximum atomic E-state index is 12.8. The van der Waals surface area contributed by atoms with E-state index in [0.29, 0.717) is 10.9 Å². The Morgan fingerprint density at radius 2 is 1.84 bits per heavy atom. The van der Waals surface area contributed by atoms with Gasteiger partial charge in [-0.1, -0.05) is 17.4 Å². The van der Waals surface area contributed by atoms with Crippen molar-refractivity contribution in [3.63, 3.8) is 0 Å². The highest BCUT2D eigenvalue weighted by molar-refractivity contribution is 7.93. The van der Waals surface area contributed by atoms with Crippen molar-refractivity contribution < 1.29 is 17.9 Å². The molecule has 0 aliphatic heterocycles. The predicted molar refractivity (Wildman–Crippen MR) is 99.4 cm³/mol. The van der Waals surface area contributed by atoms with Gasteiger partial charge in [0, 0.05) is 6.07 Å². The predicted octanol–water partition coefficient (Wildman–Crippen LogP) is 3.73. The zero-order valence-electron chi connectivity index (χ0n) is 14.3. The largest absolute Gasteiger partial charge is 0.497 e. The normalized spacial score (nSPS) is 11.5. The summed E-state index contributed by atoms with van der Waals surface area (Å²) in [5.74, 6) is 0.665. The molecule has 0 radical (unpaired) electrons. The average molecular weight is 378 g/mol. The van der Waals surface area contributed by atoms with Crippen LogP contribution < -0.4 is 14.2 Å². The molecule has 132 valence electrons. The Kier molecular flexibility index (Phi) is 4.57. The molecule has 25 heavy (non-hydrogen) atoms. The molecule has 1 aromatic heterocycles. The van der Waals surface area contributed by atoms with Crippen LogP contribution in [0.25, 0.3) is 10.2 Å². The van der Waals surface area contributed by atoms with Gasteiger partial charge in [-0.3, -0.25) is 4.72 Å². The summed E-state index contributed by atoms with van der Waals surface area (Å²) in [6.07, 6.45) is 0. The molecule has 0 fully saturated rings. The molecular weight excluding hydrogens is 360 g/mol. The maximum Gasteiger partial charge on any atom is 0.267 e. The van der Waals surface area contributed by atoms with Crippen LogP contribution in [0.1, 0.15) is 11.1 Å². The molecular formula is C17H18N2O4S2. The van der Waals surface area contributed by atoms with Gasteiger partial charge in [-0.25, -0.2) is 13.4 Å². The number of hydrogen-bond acceptors (Lipinski definition) is 6. The van der Waals surface area contributed by atoms with Gasteiger partial charge >= 0.3 is 0 Å². The van der Waals surface area contributed by atoms with Gasteiger partial charge in [0.2, 0.25) is 0 Å². The first-order chi connectivity index (χ1) is 11.8. The van der Waals surface area contributed by atoms with Crippen LogP contribution in [-0.4, -0.2) is 27.6 Å². The van der Waals surface area contributed by atoms with E-state index >= 15 is 0 Å². The first-order valence-corrected chi connectivity index (χ1v) is 9.76. The van der Waals surface area contributed by atoms with Crippen molar-refractivity contribution in [2.24, 2.45) is 0 Å². The highest BCUT2D eigenvalue weighted by Crippen LogP contribution is 2.33. The van der Waals surface area contributed by atoms with E-state index in [4.69, 9.17) is 9.47 Å². The number of sulfonamides is 1. The van der Waals surface area contributed by atoms with E-state index in [1.807, 2.05) is 26.0 Å². The zero-order valence-corrected chi connectivity index (χ0v) is 15.9. The number of aryl methyl sites for hydroxylation is 2. The molecule has 2 aromatic carbocycles. The molecule has 0 saturated carbocycles. The minimum absolute atomic E-state index is 0.00140. The Morgan fingerprint density at radius 1 is 1.08 bits per heavy atom. The van der Waals surface area contributed by atoms with Gasteiger partial charge in [0.15, 0.2) is 5.13 Å². The van der Waals surface area contributed by atoms with Gasteiger partial charge in [-0.15, -0.1) is 0 Å². The van der Waals surface area contributed by atoms with Crippen LogP contribution in [0.15, 0.2) is 35.2 Å². The van der Waals surface area contributed by atoms with Gasteiger partial charge in [0.05, 0.1) is 24.4 Å². The fourth-order valence-corrected chi connectivity index (χ4v) is 5.04. The summed E-state index contributed by atoms with van der Waals surface area (Å²) in [5, 5.41) is 0.313. The monoisotopic (exact) mass is 378 g/mol. The van der Waals surface area contributed by atoms with Crippen molar-refractivity contribution in [3.05, 3.63) is 41.5 Å². The van der Waals surface area contributed by atoms with Gasteiger partial charge in [-0.05, 0) is 43.2 Å². The van der Waals surface area contributed by atoms with Crippen LogP contribution in [0.3, 0.4) is 0 Å². The zero-order chi connectivity index (χ0) is 18.2. The van der Waals surface area contributed by atoms with E-state index in [1.165, 1.54) is 31.6 Å². The second kappa shape index (κ2) is 6.53. The lowest BCUT2D eigenvalue weighted by molar-refractivity contribution is 0.392. The Balaban J connectivity index is 2.03. The molecule has 3 rings (SSSR count). The smallest absolute Gasteiger partial charge is 0.267 e. The van der Waals surface area contributed by atoms with Crippen molar-refractivity contribution in [1.82, 2.24) is 4.98 Å². The fraction of sp³-hybridized carbons (Fsp3) is 0.235. The third-order valence-electron chi connectivity index (χ3n) is 3.71. The molecule has 0 aliphatic rings. The van der Waals surface area contributed by atoms with Crippen molar-refractivity contribution in [2.75, 3.05) is 18.9 Å². The molecule has 0 aliphatic carbocycles. The van der Waals surface area contributed by atoms with Crippen molar-refractivity contribution in [1.29, 1.82) is 0 Å². The number of aromatic nitrogens is 1. The van der Waals surface area contributed by atoms with E-state index in [2.05, 4.69) is 9.71 Å². The van der Waals surface area contributed by atoms with Crippen LogP contribution in [-0.2, 0) is 10.0 Å². The van der Waals surface area contributed by atoms with Crippen LogP contribution in [0, 0.1) is 13.8 Å². The molecule has 6 nitrogen and oxygen atoms in total. The Morgan fingerprint density at radius 3 is 2.52 bits per heavy atom. The Labute approximate surface area is 150 Å². The number of benzene rings is 2. The maximum absolute atomic E-state index is 12.8. The number of nitrogens with zero attached hydrogens (tertiary/aromatic N) is 1.